The first kappa shape index (κ1) is 25.2. The Morgan fingerprint density at radius 1 is 0.909 bits per heavy atom. The smallest absolute Gasteiger partial charge is 0.247 e. The normalized spacial score (nSPS) is 16.6. The number of rotatable bonds is 7. The summed E-state index contributed by atoms with van der Waals surface area (Å²) < 4.78 is 53.3. The Hall–Kier alpha value is -2.43. The molecule has 1 atom stereocenters. The van der Waals surface area contributed by atoms with E-state index in [9.17, 15) is 21.6 Å². The first-order valence-electron chi connectivity index (χ1n) is 11.0. The van der Waals surface area contributed by atoms with Crippen molar-refractivity contribution in [3.8, 4) is 0 Å². The molecule has 1 amide bonds. The number of nitrogens with zero attached hydrogens (tertiary/aromatic N) is 2. The van der Waals surface area contributed by atoms with Gasteiger partial charge in [0.2, 0.25) is 26.0 Å². The summed E-state index contributed by atoms with van der Waals surface area (Å²) in [7, 11) is -7.31. The summed E-state index contributed by atoms with van der Waals surface area (Å²) in [5.74, 6) is -0.524. The van der Waals surface area contributed by atoms with Gasteiger partial charge in [0.15, 0.2) is 0 Å². The van der Waals surface area contributed by atoms with Gasteiger partial charge in [-0.2, -0.15) is 4.31 Å². The van der Waals surface area contributed by atoms with Gasteiger partial charge in [0.05, 0.1) is 16.8 Å². The maximum atomic E-state index is 12.9. The Balaban J connectivity index is 1.75. The van der Waals surface area contributed by atoms with Gasteiger partial charge in [-0.05, 0) is 63.1 Å². The molecular formula is C23H31N3O5S2. The molecule has 1 heterocycles. The van der Waals surface area contributed by atoms with E-state index in [1.165, 1.54) is 35.5 Å². The third kappa shape index (κ3) is 6.13. The lowest BCUT2D eigenvalue weighted by atomic mass is 10.2. The molecule has 1 aliphatic heterocycles. The van der Waals surface area contributed by atoms with E-state index < -0.39 is 32.0 Å². The van der Waals surface area contributed by atoms with Crippen LogP contribution in [0.15, 0.2) is 53.4 Å². The molecule has 0 saturated carbocycles. The van der Waals surface area contributed by atoms with Crippen LogP contribution in [0.25, 0.3) is 0 Å². The van der Waals surface area contributed by atoms with Crippen LogP contribution in [0.1, 0.15) is 38.2 Å². The van der Waals surface area contributed by atoms with Gasteiger partial charge in [0, 0.05) is 18.8 Å². The van der Waals surface area contributed by atoms with Crippen LogP contribution in [0.3, 0.4) is 0 Å². The lowest BCUT2D eigenvalue weighted by Crippen LogP contribution is -2.45. The number of hydrogen-bond donors (Lipinski definition) is 1. The largest absolute Gasteiger partial charge is 0.324 e. The van der Waals surface area contributed by atoms with E-state index in [0.717, 1.165) is 41.8 Å². The lowest BCUT2D eigenvalue weighted by molar-refractivity contribution is -0.116. The fourth-order valence-corrected chi connectivity index (χ4v) is 6.58. The number of carbonyl (C=O) groups is 1. The monoisotopic (exact) mass is 493 g/mol. The Kier molecular flexibility index (Phi) is 7.81. The van der Waals surface area contributed by atoms with Crippen molar-refractivity contribution in [2.45, 2.75) is 50.5 Å². The third-order valence-electron chi connectivity index (χ3n) is 5.70. The minimum absolute atomic E-state index is 0.174. The fraction of sp³-hybridized carbons (Fsp3) is 0.435. The van der Waals surface area contributed by atoms with E-state index in [4.69, 9.17) is 0 Å². The van der Waals surface area contributed by atoms with Crippen LogP contribution in [-0.2, 0) is 24.8 Å². The van der Waals surface area contributed by atoms with Gasteiger partial charge in [-0.15, -0.1) is 0 Å². The summed E-state index contributed by atoms with van der Waals surface area (Å²) in [6.07, 6.45) is 4.82. The summed E-state index contributed by atoms with van der Waals surface area (Å²) in [6, 6.07) is 11.8. The maximum Gasteiger partial charge on any atom is 0.247 e. The number of nitrogens with one attached hydrogen (secondary N) is 1. The van der Waals surface area contributed by atoms with Crippen molar-refractivity contribution >= 4 is 37.3 Å². The van der Waals surface area contributed by atoms with E-state index in [1.54, 1.807) is 24.3 Å². The molecule has 1 N–H and O–H groups in total. The van der Waals surface area contributed by atoms with E-state index in [-0.39, 0.29) is 4.90 Å². The number of aryl methyl sites for hydroxylation is 1. The lowest BCUT2D eigenvalue weighted by Gasteiger charge is -2.28. The molecule has 1 aliphatic rings. The van der Waals surface area contributed by atoms with Crippen LogP contribution in [0.2, 0.25) is 0 Å². The highest BCUT2D eigenvalue weighted by Crippen LogP contribution is 2.24. The summed E-state index contributed by atoms with van der Waals surface area (Å²) in [6.45, 7) is 4.42. The van der Waals surface area contributed by atoms with Gasteiger partial charge in [0.25, 0.3) is 0 Å². The minimum Gasteiger partial charge on any atom is -0.324 e. The Morgan fingerprint density at radius 3 is 1.97 bits per heavy atom. The summed E-state index contributed by atoms with van der Waals surface area (Å²) >= 11 is 0. The second-order valence-corrected chi connectivity index (χ2v) is 12.2. The molecule has 2 aromatic rings. The summed E-state index contributed by atoms with van der Waals surface area (Å²) in [4.78, 5) is 13.0. The van der Waals surface area contributed by atoms with Crippen LogP contribution in [0.5, 0.6) is 0 Å². The molecule has 0 bridgehead atoms. The van der Waals surface area contributed by atoms with Crippen molar-refractivity contribution in [3.05, 3.63) is 54.1 Å². The van der Waals surface area contributed by atoms with Gasteiger partial charge in [-0.1, -0.05) is 30.5 Å². The molecule has 0 spiro atoms. The summed E-state index contributed by atoms with van der Waals surface area (Å²) in [5, 5.41) is 2.69. The van der Waals surface area contributed by atoms with Gasteiger partial charge in [-0.3, -0.25) is 9.10 Å². The fourth-order valence-electron chi connectivity index (χ4n) is 3.89. The predicted molar refractivity (Wildman–Crippen MR) is 130 cm³/mol. The Morgan fingerprint density at radius 2 is 1.45 bits per heavy atom. The molecule has 0 radical (unpaired) electrons. The molecule has 8 nitrogen and oxygen atoms in total. The van der Waals surface area contributed by atoms with Crippen LogP contribution >= 0.6 is 0 Å². The molecule has 33 heavy (non-hydrogen) atoms. The maximum absolute atomic E-state index is 12.9. The van der Waals surface area contributed by atoms with Gasteiger partial charge in [0.1, 0.15) is 6.04 Å². The second kappa shape index (κ2) is 10.2. The molecule has 180 valence electrons. The van der Waals surface area contributed by atoms with Crippen LogP contribution in [0.4, 0.5) is 11.4 Å². The molecule has 1 saturated heterocycles. The minimum atomic E-state index is -3.72. The Labute approximate surface area is 196 Å². The second-order valence-electron chi connectivity index (χ2n) is 8.40. The topological polar surface area (TPSA) is 104 Å². The molecule has 10 heteroatoms. The highest BCUT2D eigenvalue weighted by molar-refractivity contribution is 7.92. The molecule has 3 rings (SSSR count). The zero-order chi connectivity index (χ0) is 24.2. The van der Waals surface area contributed by atoms with Crippen LogP contribution < -0.4 is 9.62 Å². The highest BCUT2D eigenvalue weighted by atomic mass is 32.2. The number of carbonyl (C=O) groups excluding carboxylic acids is 1. The van der Waals surface area contributed by atoms with E-state index in [1.807, 2.05) is 6.92 Å². The Bertz CT molecular complexity index is 1170. The zero-order valence-electron chi connectivity index (χ0n) is 19.2. The standard InChI is InChI=1S/C23H31N3O5S2/c1-18-8-12-21(13-9-18)26(32(3,28)29)19(2)23(27)24-20-10-14-22(15-11-20)33(30,31)25-16-6-4-5-7-17-25/h8-15,19H,4-7,16-17H2,1-3H3,(H,24,27). The number of hydrogen-bond acceptors (Lipinski definition) is 5. The third-order valence-corrected chi connectivity index (χ3v) is 8.86. The van der Waals surface area contributed by atoms with E-state index >= 15 is 0 Å². The van der Waals surface area contributed by atoms with Crippen molar-refractivity contribution in [3.63, 3.8) is 0 Å². The zero-order valence-corrected chi connectivity index (χ0v) is 20.8. The molecular weight excluding hydrogens is 462 g/mol. The molecule has 1 unspecified atom stereocenters. The van der Waals surface area contributed by atoms with E-state index in [0.29, 0.717) is 24.5 Å². The van der Waals surface area contributed by atoms with Crippen LogP contribution in [0, 0.1) is 6.92 Å². The average molecular weight is 494 g/mol. The SMILES string of the molecule is Cc1ccc(N(C(C)C(=O)Nc2ccc(S(=O)(=O)N3CCCCCC3)cc2)S(C)(=O)=O)cc1. The summed E-state index contributed by atoms with van der Waals surface area (Å²) in [5.41, 5.74) is 1.75. The number of benzene rings is 2. The number of anilines is 2. The predicted octanol–water partition coefficient (Wildman–Crippen LogP) is 3.35. The van der Waals surface area contributed by atoms with Gasteiger partial charge < -0.3 is 5.32 Å². The average Bonchev–Trinajstić information content (AvgIpc) is 3.05. The molecule has 2 aromatic carbocycles. The van der Waals surface area contributed by atoms with Crippen molar-refractivity contribution < 1.29 is 21.6 Å². The number of sulfonamides is 2. The molecule has 1 fully saturated rings. The van der Waals surface area contributed by atoms with Crippen LogP contribution in [-0.4, -0.2) is 52.4 Å². The van der Waals surface area contributed by atoms with Crippen molar-refractivity contribution in [2.75, 3.05) is 29.0 Å². The van der Waals surface area contributed by atoms with Crippen molar-refractivity contribution in [1.29, 1.82) is 0 Å². The van der Waals surface area contributed by atoms with E-state index in [2.05, 4.69) is 5.32 Å². The quantitative estimate of drug-likeness (QED) is 0.637. The first-order valence-corrected chi connectivity index (χ1v) is 14.3. The molecule has 0 aromatic heterocycles. The van der Waals surface area contributed by atoms with Gasteiger partial charge >= 0.3 is 0 Å². The highest BCUT2D eigenvalue weighted by Gasteiger charge is 2.29. The van der Waals surface area contributed by atoms with Crippen molar-refractivity contribution in [2.24, 2.45) is 0 Å². The first-order chi connectivity index (χ1) is 15.5. The number of amides is 1. The molecule has 0 aliphatic carbocycles. The van der Waals surface area contributed by atoms with Crippen molar-refractivity contribution in [1.82, 2.24) is 4.31 Å². The van der Waals surface area contributed by atoms with Gasteiger partial charge in [-0.25, -0.2) is 16.8 Å².